The Morgan fingerprint density at radius 1 is 1.14 bits per heavy atom. The molecule has 192 valence electrons. The molecule has 4 N–H and O–H groups in total. The summed E-state index contributed by atoms with van der Waals surface area (Å²) in [7, 11) is 3.75. The normalized spacial score (nSPS) is 35.2. The summed E-state index contributed by atoms with van der Waals surface area (Å²) in [5.41, 5.74) is 3.59. The van der Waals surface area contributed by atoms with E-state index in [1.54, 1.807) is 6.20 Å². The first-order valence-electron chi connectivity index (χ1n) is 13.5. The Kier molecular flexibility index (Phi) is 6.61. The minimum Gasteiger partial charge on any atom is -0.393 e. The van der Waals surface area contributed by atoms with Gasteiger partial charge in [-0.05, 0) is 98.7 Å². The van der Waals surface area contributed by atoms with Crippen LogP contribution in [0.1, 0.15) is 57.9 Å². The molecule has 1 saturated carbocycles. The molecule has 0 saturated heterocycles. The van der Waals surface area contributed by atoms with Crippen molar-refractivity contribution in [2.24, 2.45) is 23.2 Å². The monoisotopic (exact) mass is 488 g/mol. The van der Waals surface area contributed by atoms with Crippen LogP contribution in [0.15, 0.2) is 64.6 Å². The number of fused-ring (bicyclic) bond motifs is 5. The van der Waals surface area contributed by atoms with Crippen molar-refractivity contribution in [2.45, 2.75) is 64.1 Å². The molecule has 1 fully saturated rings. The molecule has 5 unspecified atom stereocenters. The number of benzene rings is 1. The molecule has 4 aliphatic rings. The largest absolute Gasteiger partial charge is 0.393 e. The van der Waals surface area contributed by atoms with Gasteiger partial charge in [0.25, 0.3) is 5.56 Å². The van der Waals surface area contributed by atoms with E-state index >= 15 is 0 Å². The predicted molar refractivity (Wildman–Crippen MR) is 147 cm³/mol. The Bertz CT molecular complexity index is 1300. The highest BCUT2D eigenvalue weighted by Gasteiger charge is 2.58. The third-order valence-corrected chi connectivity index (χ3v) is 9.46. The topological polar surface area (TPSA) is 85.3 Å². The number of pyridine rings is 1. The molecule has 5 heteroatoms. The molecular weight excluding hydrogens is 448 g/mol. The number of hydrogen-bond acceptors (Lipinski definition) is 4. The molecule has 6 rings (SSSR count). The SMILES string of the molecule is CC1C=C2C=C3CC(O)CCC3CC[C@]2(O)C2CC=C(c3ccc4cc[nH]c(=O)c4c3)C12C.CNC. The van der Waals surface area contributed by atoms with E-state index in [0.29, 0.717) is 11.3 Å². The second-order valence-electron chi connectivity index (χ2n) is 11.5. The lowest BCUT2D eigenvalue weighted by atomic mass is 9.54. The van der Waals surface area contributed by atoms with Gasteiger partial charge in [-0.25, -0.2) is 0 Å². The Labute approximate surface area is 214 Å². The summed E-state index contributed by atoms with van der Waals surface area (Å²) < 4.78 is 0. The van der Waals surface area contributed by atoms with E-state index in [1.807, 2.05) is 32.3 Å². The molecule has 4 aliphatic carbocycles. The maximum absolute atomic E-state index is 12.4. The smallest absolute Gasteiger partial charge is 0.255 e. The van der Waals surface area contributed by atoms with Crippen LogP contribution in [0.4, 0.5) is 0 Å². The highest BCUT2D eigenvalue weighted by molar-refractivity contribution is 5.87. The van der Waals surface area contributed by atoms with Crippen molar-refractivity contribution in [3.63, 3.8) is 0 Å². The van der Waals surface area contributed by atoms with Crippen molar-refractivity contribution in [1.29, 1.82) is 0 Å². The molecule has 6 atom stereocenters. The van der Waals surface area contributed by atoms with E-state index in [1.165, 1.54) is 11.1 Å². The van der Waals surface area contributed by atoms with Crippen LogP contribution in [0.5, 0.6) is 0 Å². The van der Waals surface area contributed by atoms with E-state index in [4.69, 9.17) is 0 Å². The average molecular weight is 489 g/mol. The Morgan fingerprint density at radius 3 is 2.69 bits per heavy atom. The van der Waals surface area contributed by atoms with Crippen molar-refractivity contribution in [3.05, 3.63) is 75.8 Å². The van der Waals surface area contributed by atoms with Crippen LogP contribution in [0.2, 0.25) is 0 Å². The third kappa shape index (κ3) is 3.93. The number of nitrogens with one attached hydrogen (secondary N) is 2. The van der Waals surface area contributed by atoms with Crippen LogP contribution in [-0.2, 0) is 0 Å². The van der Waals surface area contributed by atoms with Gasteiger partial charge in [-0.1, -0.05) is 49.8 Å². The Hall–Kier alpha value is -2.47. The minimum atomic E-state index is -0.858. The molecule has 1 aromatic heterocycles. The van der Waals surface area contributed by atoms with Crippen LogP contribution in [0.25, 0.3) is 16.3 Å². The number of aliphatic hydroxyl groups excluding tert-OH is 1. The standard InChI is InChI=1S/C29H33NO3.C2H7N/c1-17-13-22-14-21-15-23(31)6-5-18(21)9-11-29(22,33)26-8-7-25(28(17,26)2)20-4-3-19-10-12-30-27(32)24(19)16-20;1-3-2/h3-4,7,10,12-14,16-18,23,26,31,33H,5-6,8-9,11,15H2,1-2H3,(H,30,32);3H,1-2H3/t17?,18?,23?,26?,28?,29-;/m1./s1. The van der Waals surface area contributed by atoms with Gasteiger partial charge in [0.15, 0.2) is 0 Å². The fourth-order valence-electron chi connectivity index (χ4n) is 7.42. The molecule has 36 heavy (non-hydrogen) atoms. The number of allylic oxidation sites excluding steroid dienone is 3. The number of rotatable bonds is 1. The Morgan fingerprint density at radius 2 is 1.92 bits per heavy atom. The highest BCUT2D eigenvalue weighted by Crippen LogP contribution is 2.63. The van der Waals surface area contributed by atoms with Gasteiger partial charge in [0, 0.05) is 22.9 Å². The molecule has 0 spiro atoms. The van der Waals surface area contributed by atoms with Crippen LogP contribution in [0.3, 0.4) is 0 Å². The fraction of sp³-hybridized carbons (Fsp3) is 0.516. The van der Waals surface area contributed by atoms with E-state index in [-0.39, 0.29) is 28.9 Å². The Balaban J connectivity index is 0.000000848. The van der Waals surface area contributed by atoms with Crippen LogP contribution in [-0.4, -0.2) is 41.0 Å². The van der Waals surface area contributed by atoms with Crippen molar-refractivity contribution in [3.8, 4) is 0 Å². The second-order valence-corrected chi connectivity index (χ2v) is 11.5. The van der Waals surface area contributed by atoms with Crippen LogP contribution in [0, 0.1) is 23.2 Å². The molecule has 0 amide bonds. The highest BCUT2D eigenvalue weighted by atomic mass is 16.3. The number of aromatic amines is 1. The van der Waals surface area contributed by atoms with Crippen LogP contribution < -0.4 is 10.9 Å². The average Bonchev–Trinajstić information content (AvgIpc) is 3.15. The molecule has 1 aromatic carbocycles. The van der Waals surface area contributed by atoms with Gasteiger partial charge in [0.1, 0.15) is 0 Å². The quantitative estimate of drug-likeness (QED) is 0.457. The van der Waals surface area contributed by atoms with Gasteiger partial charge < -0.3 is 20.5 Å². The number of hydrogen-bond donors (Lipinski definition) is 4. The number of aromatic nitrogens is 1. The summed E-state index contributed by atoms with van der Waals surface area (Å²) >= 11 is 0. The molecule has 1 heterocycles. The van der Waals surface area contributed by atoms with Crippen molar-refractivity contribution < 1.29 is 10.2 Å². The minimum absolute atomic E-state index is 0.0626. The first-order chi connectivity index (χ1) is 17.2. The number of H-pyrrole nitrogens is 1. The zero-order valence-electron chi connectivity index (χ0n) is 22.0. The summed E-state index contributed by atoms with van der Waals surface area (Å²) in [6.45, 7) is 4.57. The summed E-state index contributed by atoms with van der Waals surface area (Å²) in [6, 6.07) is 8.12. The second kappa shape index (κ2) is 9.44. The lowest BCUT2D eigenvalue weighted by Crippen LogP contribution is -2.51. The van der Waals surface area contributed by atoms with Gasteiger partial charge in [-0.3, -0.25) is 4.79 Å². The van der Waals surface area contributed by atoms with Gasteiger partial charge >= 0.3 is 0 Å². The third-order valence-electron chi connectivity index (χ3n) is 9.46. The lowest BCUT2D eigenvalue weighted by Gasteiger charge is -2.51. The molecule has 0 radical (unpaired) electrons. The van der Waals surface area contributed by atoms with Gasteiger partial charge in [-0.15, -0.1) is 0 Å². The summed E-state index contributed by atoms with van der Waals surface area (Å²) in [6.07, 6.45) is 13.5. The van der Waals surface area contributed by atoms with E-state index in [2.05, 4.69) is 48.4 Å². The first-order valence-corrected chi connectivity index (χ1v) is 13.5. The van der Waals surface area contributed by atoms with E-state index < -0.39 is 5.60 Å². The van der Waals surface area contributed by atoms with E-state index in [0.717, 1.165) is 55.0 Å². The first kappa shape index (κ1) is 25.2. The molecular formula is C31H40N2O3. The van der Waals surface area contributed by atoms with Crippen molar-refractivity contribution in [2.75, 3.05) is 14.1 Å². The van der Waals surface area contributed by atoms with Crippen molar-refractivity contribution in [1.82, 2.24) is 10.3 Å². The zero-order valence-corrected chi connectivity index (χ0v) is 22.0. The summed E-state index contributed by atoms with van der Waals surface area (Å²) in [5, 5.41) is 26.9. The molecule has 5 nitrogen and oxygen atoms in total. The van der Waals surface area contributed by atoms with Gasteiger partial charge in [0.2, 0.25) is 0 Å². The maximum Gasteiger partial charge on any atom is 0.255 e. The molecule has 0 bridgehead atoms. The van der Waals surface area contributed by atoms with E-state index in [9.17, 15) is 15.0 Å². The molecule has 2 aromatic rings. The predicted octanol–water partition coefficient (Wildman–Crippen LogP) is 4.96. The summed E-state index contributed by atoms with van der Waals surface area (Å²) in [5.74, 6) is 0.825. The van der Waals surface area contributed by atoms with Gasteiger partial charge in [-0.2, -0.15) is 0 Å². The van der Waals surface area contributed by atoms with Crippen molar-refractivity contribution >= 4 is 16.3 Å². The fourth-order valence-corrected chi connectivity index (χ4v) is 7.42. The zero-order chi connectivity index (χ0) is 25.7. The number of aliphatic hydroxyl groups is 2. The molecule has 0 aliphatic heterocycles. The lowest BCUT2D eigenvalue weighted by molar-refractivity contribution is -0.0455. The summed E-state index contributed by atoms with van der Waals surface area (Å²) in [4.78, 5) is 15.2. The van der Waals surface area contributed by atoms with Gasteiger partial charge in [0.05, 0.1) is 11.7 Å². The van der Waals surface area contributed by atoms with Crippen LogP contribution >= 0.6 is 0 Å². The maximum atomic E-state index is 12.4.